The largest absolute Gasteiger partial charge is 0.355 e. The van der Waals surface area contributed by atoms with E-state index in [0.29, 0.717) is 0 Å². The van der Waals surface area contributed by atoms with E-state index in [1.807, 2.05) is 31.2 Å². The first-order chi connectivity index (χ1) is 11.3. The molecule has 0 aliphatic heterocycles. The van der Waals surface area contributed by atoms with E-state index < -0.39 is 0 Å². The Bertz CT molecular complexity index is 291. The number of carbonyl (C=O) groups excluding carboxylic acids is 1. The third-order valence-electron chi connectivity index (χ3n) is 1.62. The predicted molar refractivity (Wildman–Crippen MR) is 57.3 cm³/mol. The summed E-state index contributed by atoms with van der Waals surface area (Å²) in [4.78, 5) is 11.1. The topological polar surface area (TPSA) is 29.1 Å². The Labute approximate surface area is 84.8 Å². The molecule has 1 aromatic rings. The molecule has 0 aromatic heterocycles. The van der Waals surface area contributed by atoms with Crippen molar-refractivity contribution in [3.63, 3.8) is 0 Å². The zero-order chi connectivity index (χ0) is 20.3. The lowest BCUT2D eigenvalue weighted by Crippen LogP contribution is -2.18. The molecule has 0 aliphatic carbocycles. The van der Waals surface area contributed by atoms with E-state index in [9.17, 15) is 4.79 Å². The van der Waals surface area contributed by atoms with Crippen LogP contribution in [0.25, 0.3) is 0 Å². The molecule has 0 unspecified atom stereocenters. The Hall–Kier alpha value is -1.31. The first-order valence-corrected chi connectivity index (χ1v) is 3.53. The second kappa shape index (κ2) is 3.19. The number of benzene rings is 1. The Morgan fingerprint density at radius 1 is 1.55 bits per heavy atom. The van der Waals surface area contributed by atoms with Crippen molar-refractivity contribution in [3.05, 3.63) is 35.4 Å². The van der Waals surface area contributed by atoms with Gasteiger partial charge in [-0.1, -0.05) is 18.2 Å². The van der Waals surface area contributed by atoms with Crippen LogP contribution in [0.2, 0.25) is 0 Å². The first-order valence-electron chi connectivity index (χ1n) is 9.53. The number of aryl methyl sites for hydroxylation is 1. The minimum Gasteiger partial charge on any atom is -0.355 e. The number of amides is 1. The summed E-state index contributed by atoms with van der Waals surface area (Å²) in [5.74, 6) is -0.0249. The average Bonchev–Trinajstić information content (AvgIpc) is 2.71. The van der Waals surface area contributed by atoms with Gasteiger partial charge < -0.3 is 5.32 Å². The van der Waals surface area contributed by atoms with Gasteiger partial charge in [-0.3, -0.25) is 4.79 Å². The quantitative estimate of drug-likeness (QED) is 0.695. The number of hydrogen-bond acceptors (Lipinski definition) is 1. The van der Waals surface area contributed by atoms with Gasteiger partial charge in [-0.2, -0.15) is 0 Å². The Morgan fingerprint density at radius 3 is 2.73 bits per heavy atom. The summed E-state index contributed by atoms with van der Waals surface area (Å²) >= 11 is 0. The molecule has 0 radical (unpaired) electrons. The summed E-state index contributed by atoms with van der Waals surface area (Å²) in [5, 5.41) is 2.58. The molecule has 1 aromatic carbocycles. The summed E-state index contributed by atoms with van der Waals surface area (Å²) in [6, 6.07) is 7.51. The van der Waals surface area contributed by atoms with Gasteiger partial charge in [-0.15, -0.1) is 0 Å². The zero-order valence-corrected chi connectivity index (χ0v) is 6.72. The van der Waals surface area contributed by atoms with Crippen LogP contribution in [0.3, 0.4) is 0 Å². The van der Waals surface area contributed by atoms with Crippen molar-refractivity contribution in [1.29, 1.82) is 0 Å². The molecule has 1 amide bonds. The number of nitrogens with one attached hydrogen (secondary N) is 1. The van der Waals surface area contributed by atoms with Gasteiger partial charge in [0.15, 0.2) is 0 Å². The van der Waals surface area contributed by atoms with Crippen molar-refractivity contribution >= 4 is 5.91 Å². The standard InChI is InChI=1S/C9H11NO.6H2/c1-7-5-3-4-6-8(7)9(11)10-2;;;;;;/h3-6H,1-2H3,(H,10,11);6*1H/i;6*1+1D. The molecular weight excluding hydrogens is 138 g/mol. The molecule has 0 spiro atoms. The summed E-state index contributed by atoms with van der Waals surface area (Å²) in [7, 11) is 1.63. The van der Waals surface area contributed by atoms with Gasteiger partial charge in [0.1, 0.15) is 0 Å². The molecule has 11 heavy (non-hydrogen) atoms. The van der Waals surface area contributed by atoms with Crippen molar-refractivity contribution in [2.24, 2.45) is 0 Å². The number of carbonyl (C=O) groups is 1. The molecule has 2 nitrogen and oxygen atoms in total. The molecule has 1 rings (SSSR count). The second-order valence-electron chi connectivity index (χ2n) is 2.39. The predicted octanol–water partition coefficient (Wildman–Crippen LogP) is 2.83. The lowest BCUT2D eigenvalue weighted by Gasteiger charge is -2.01. The third kappa shape index (κ3) is 1.58. The highest BCUT2D eigenvalue weighted by molar-refractivity contribution is 5.95. The van der Waals surface area contributed by atoms with Crippen LogP contribution in [0, 0.1) is 6.92 Å². The van der Waals surface area contributed by atoms with Crippen LogP contribution in [-0.2, 0) is 0 Å². The number of hydrogen-bond donors (Lipinski definition) is 1. The van der Waals surface area contributed by atoms with Gasteiger partial charge in [0, 0.05) is 30.4 Å². The normalized spacial score (nSPS) is 13.6. The molecule has 0 heterocycles. The highest BCUT2D eigenvalue weighted by Crippen LogP contribution is 2.05. The van der Waals surface area contributed by atoms with Crippen molar-refractivity contribution in [2.45, 2.75) is 6.92 Å². The molecule has 0 saturated heterocycles. The molecule has 0 fully saturated rings. The molecule has 1 N–H and O–H groups in total. The second-order valence-corrected chi connectivity index (χ2v) is 2.39. The molecule has 2 heteroatoms. The maximum Gasteiger partial charge on any atom is 0.251 e. The Kier molecular flexibility index (Phi) is 0.862. The number of rotatable bonds is 1. The smallest absolute Gasteiger partial charge is 0.251 e. The summed E-state index contributed by atoms with van der Waals surface area (Å²) in [6.45, 7) is 1.92. The van der Waals surface area contributed by atoms with Crippen LogP contribution in [0.4, 0.5) is 0 Å². The summed E-state index contributed by atoms with van der Waals surface area (Å²) in [5.41, 5.74) is 1.75. The van der Waals surface area contributed by atoms with E-state index in [4.69, 9.17) is 17.8 Å². The van der Waals surface area contributed by atoms with E-state index in [-0.39, 0.29) is 5.91 Å². The van der Waals surface area contributed by atoms with E-state index in [0.717, 1.165) is 11.1 Å². The van der Waals surface area contributed by atoms with Gasteiger partial charge in [0.2, 0.25) is 0 Å². The third-order valence-corrected chi connectivity index (χ3v) is 1.62. The van der Waals surface area contributed by atoms with Crippen LogP contribution in [0.15, 0.2) is 24.3 Å². The fourth-order valence-electron chi connectivity index (χ4n) is 0.962. The highest BCUT2D eigenvalue weighted by atomic mass is 16.1. The molecule has 70 valence electrons. The summed E-state index contributed by atoms with van der Waals surface area (Å²) in [6.07, 6.45) is 0. The Balaban J connectivity index is -0.0000000511. The van der Waals surface area contributed by atoms with Crippen molar-refractivity contribution in [1.82, 2.24) is 5.32 Å². The van der Waals surface area contributed by atoms with Gasteiger partial charge in [0.25, 0.3) is 5.91 Å². The lowest BCUT2D eigenvalue weighted by atomic mass is 10.1. The molecule has 0 saturated carbocycles. The van der Waals surface area contributed by atoms with Crippen molar-refractivity contribution < 1.29 is 22.6 Å². The molecule has 0 bridgehead atoms. The van der Waals surface area contributed by atoms with E-state index in [1.165, 1.54) is 0 Å². The highest BCUT2D eigenvalue weighted by Gasteiger charge is 2.03. The van der Waals surface area contributed by atoms with Gasteiger partial charge >= 0.3 is 0 Å². The molecule has 0 atom stereocenters. The Morgan fingerprint density at radius 2 is 2.18 bits per heavy atom. The summed E-state index contributed by atoms with van der Waals surface area (Å²) < 4.78 is 60.0. The maximum absolute atomic E-state index is 11.1. The average molecular weight is 173 g/mol. The maximum atomic E-state index is 11.1. The first kappa shape index (κ1) is 2.97. The minimum absolute atomic E-state index is 0.0249. The molecular formula is C9H23NO. The molecule has 0 aliphatic rings. The fraction of sp³-hybridized carbons (Fsp3) is 0.222. The van der Waals surface area contributed by atoms with E-state index in [1.54, 1.807) is 7.05 Å². The van der Waals surface area contributed by atoms with Crippen LogP contribution >= 0.6 is 0 Å². The monoisotopic (exact) mass is 173 g/mol. The van der Waals surface area contributed by atoms with Crippen LogP contribution in [-0.4, -0.2) is 13.0 Å². The van der Waals surface area contributed by atoms with E-state index in [2.05, 4.69) is 5.32 Å². The fourth-order valence-corrected chi connectivity index (χ4v) is 0.962. The minimum atomic E-state index is -0.0249. The van der Waals surface area contributed by atoms with Gasteiger partial charge in [0.05, 0.1) is 0 Å². The van der Waals surface area contributed by atoms with E-state index >= 15 is 0 Å². The lowest BCUT2D eigenvalue weighted by molar-refractivity contribution is 0.0962. The van der Waals surface area contributed by atoms with Crippen molar-refractivity contribution in [3.8, 4) is 0 Å². The zero-order valence-electron chi connectivity index (χ0n) is 18.7. The van der Waals surface area contributed by atoms with Gasteiger partial charge in [-0.05, 0) is 18.6 Å². The SMILES string of the molecule is CNC(=O)c1ccccc1C.[2H][2H].[2H][2H].[2H][2H].[2H][2H].[2H][2H].[2H][2H]. The van der Waals surface area contributed by atoms with Crippen molar-refractivity contribution in [2.75, 3.05) is 7.05 Å². The van der Waals surface area contributed by atoms with Crippen LogP contribution in [0.5, 0.6) is 0 Å². The van der Waals surface area contributed by atoms with Crippen LogP contribution < -0.4 is 5.32 Å². The van der Waals surface area contributed by atoms with Crippen LogP contribution in [0.1, 0.15) is 33.7 Å². The van der Waals surface area contributed by atoms with Gasteiger partial charge in [-0.25, -0.2) is 0 Å².